The number of nitrogens with two attached hydrogens (primary N) is 1. The highest BCUT2D eigenvalue weighted by Gasteiger charge is 2.20. The lowest BCUT2D eigenvalue weighted by Crippen LogP contribution is -2.38. The summed E-state index contributed by atoms with van der Waals surface area (Å²) in [6.45, 7) is 8.39. The van der Waals surface area contributed by atoms with Gasteiger partial charge in [-0.1, -0.05) is 13.8 Å². The number of aliphatic hydroxyl groups is 1. The van der Waals surface area contributed by atoms with Gasteiger partial charge in [0.1, 0.15) is 0 Å². The van der Waals surface area contributed by atoms with E-state index in [1.54, 1.807) is 0 Å². The van der Waals surface area contributed by atoms with Crippen molar-refractivity contribution < 1.29 is 5.11 Å². The van der Waals surface area contributed by atoms with Gasteiger partial charge >= 0.3 is 0 Å². The van der Waals surface area contributed by atoms with Crippen LogP contribution < -0.4 is 5.73 Å². The summed E-state index contributed by atoms with van der Waals surface area (Å²) in [5, 5.41) is 9.35. The van der Waals surface area contributed by atoms with Crippen molar-refractivity contribution in [3.63, 3.8) is 0 Å². The van der Waals surface area contributed by atoms with Crippen LogP contribution in [0.2, 0.25) is 0 Å². The van der Waals surface area contributed by atoms with Crippen LogP contribution in [0.5, 0.6) is 0 Å². The zero-order valence-electron chi connectivity index (χ0n) is 9.50. The maximum atomic E-state index is 9.35. The molecular weight excluding hydrogens is 176 g/mol. The van der Waals surface area contributed by atoms with Gasteiger partial charge in [-0.05, 0) is 37.8 Å². The molecule has 1 aliphatic rings. The third-order valence-electron chi connectivity index (χ3n) is 3.21. The van der Waals surface area contributed by atoms with Crippen molar-refractivity contribution in [3.8, 4) is 0 Å². The minimum atomic E-state index is -0.0613. The fourth-order valence-electron chi connectivity index (χ4n) is 1.71. The Hall–Kier alpha value is -0.120. The second-order valence-corrected chi connectivity index (χ2v) is 5.19. The van der Waals surface area contributed by atoms with Crippen LogP contribution >= 0.6 is 0 Å². The molecular formula is C11H24N2O. The maximum Gasteiger partial charge on any atom is 0.0564 e. The maximum absolute atomic E-state index is 9.35. The number of likely N-dealkylation sites (tertiary alicyclic amines) is 1. The summed E-state index contributed by atoms with van der Waals surface area (Å²) in [5.74, 6) is 0. The molecule has 1 aliphatic heterocycles. The van der Waals surface area contributed by atoms with Gasteiger partial charge in [0.05, 0.1) is 6.10 Å². The molecule has 3 nitrogen and oxygen atoms in total. The van der Waals surface area contributed by atoms with Crippen LogP contribution in [0.25, 0.3) is 0 Å². The third kappa shape index (κ3) is 3.95. The van der Waals surface area contributed by atoms with Crippen molar-refractivity contribution in [2.24, 2.45) is 11.1 Å². The SMILES string of the molecule is CC(C)(CN)CCN1CCC(O)CC1. The fourth-order valence-corrected chi connectivity index (χ4v) is 1.71. The Morgan fingerprint density at radius 3 is 2.43 bits per heavy atom. The predicted molar refractivity (Wildman–Crippen MR) is 59.1 cm³/mol. The van der Waals surface area contributed by atoms with Gasteiger partial charge in [-0.2, -0.15) is 0 Å². The standard InChI is InChI=1S/C11H24N2O/c1-11(2,9-12)5-8-13-6-3-10(14)4-7-13/h10,14H,3-9,12H2,1-2H3. The van der Waals surface area contributed by atoms with Gasteiger partial charge in [-0.3, -0.25) is 0 Å². The van der Waals surface area contributed by atoms with E-state index in [2.05, 4.69) is 18.7 Å². The molecule has 1 fully saturated rings. The molecule has 0 radical (unpaired) electrons. The van der Waals surface area contributed by atoms with Crippen LogP contribution in [-0.2, 0) is 0 Å². The number of hydrogen-bond donors (Lipinski definition) is 2. The molecule has 0 aromatic rings. The van der Waals surface area contributed by atoms with Gasteiger partial charge in [0, 0.05) is 13.1 Å². The molecule has 1 saturated heterocycles. The van der Waals surface area contributed by atoms with Crippen LogP contribution in [0.1, 0.15) is 33.1 Å². The third-order valence-corrected chi connectivity index (χ3v) is 3.21. The monoisotopic (exact) mass is 200 g/mol. The topological polar surface area (TPSA) is 49.5 Å². The van der Waals surface area contributed by atoms with E-state index in [0.717, 1.165) is 45.4 Å². The molecule has 0 bridgehead atoms. The number of aliphatic hydroxyl groups excluding tert-OH is 1. The summed E-state index contributed by atoms with van der Waals surface area (Å²) < 4.78 is 0. The van der Waals surface area contributed by atoms with Gasteiger partial charge < -0.3 is 15.7 Å². The normalized spacial score (nSPS) is 21.4. The van der Waals surface area contributed by atoms with E-state index in [0.29, 0.717) is 0 Å². The number of hydrogen-bond acceptors (Lipinski definition) is 3. The van der Waals surface area contributed by atoms with Crippen molar-refractivity contribution in [2.45, 2.75) is 39.2 Å². The lowest BCUT2D eigenvalue weighted by atomic mass is 9.89. The number of piperidine rings is 1. The Bertz CT molecular complexity index is 163. The first-order chi connectivity index (χ1) is 6.53. The molecule has 1 rings (SSSR count). The molecule has 0 atom stereocenters. The van der Waals surface area contributed by atoms with Crippen molar-refractivity contribution in [1.82, 2.24) is 4.90 Å². The minimum absolute atomic E-state index is 0.0613. The Kier molecular flexibility index (Phi) is 4.35. The summed E-state index contributed by atoms with van der Waals surface area (Å²) >= 11 is 0. The fraction of sp³-hybridized carbons (Fsp3) is 1.00. The van der Waals surface area contributed by atoms with E-state index in [-0.39, 0.29) is 11.5 Å². The quantitative estimate of drug-likeness (QED) is 0.706. The number of nitrogens with zero attached hydrogens (tertiary/aromatic N) is 1. The Balaban J connectivity index is 2.19. The molecule has 0 spiro atoms. The van der Waals surface area contributed by atoms with Crippen molar-refractivity contribution >= 4 is 0 Å². The van der Waals surface area contributed by atoms with E-state index >= 15 is 0 Å². The minimum Gasteiger partial charge on any atom is -0.393 e. The lowest BCUT2D eigenvalue weighted by molar-refractivity contribution is 0.0768. The van der Waals surface area contributed by atoms with E-state index < -0.39 is 0 Å². The first kappa shape index (κ1) is 12.0. The molecule has 84 valence electrons. The zero-order chi connectivity index (χ0) is 10.6. The molecule has 14 heavy (non-hydrogen) atoms. The Labute approximate surface area is 87.3 Å². The van der Waals surface area contributed by atoms with Crippen LogP contribution in [0.3, 0.4) is 0 Å². The molecule has 0 aromatic carbocycles. The second-order valence-electron chi connectivity index (χ2n) is 5.19. The van der Waals surface area contributed by atoms with E-state index in [1.165, 1.54) is 0 Å². The highest BCUT2D eigenvalue weighted by atomic mass is 16.3. The van der Waals surface area contributed by atoms with E-state index in [1.807, 2.05) is 0 Å². The average molecular weight is 200 g/mol. The summed E-state index contributed by atoms with van der Waals surface area (Å²) in [7, 11) is 0. The first-order valence-electron chi connectivity index (χ1n) is 5.64. The highest BCUT2D eigenvalue weighted by Crippen LogP contribution is 2.20. The molecule has 3 N–H and O–H groups in total. The number of rotatable bonds is 4. The van der Waals surface area contributed by atoms with Gasteiger partial charge in [-0.25, -0.2) is 0 Å². The van der Waals surface area contributed by atoms with Crippen molar-refractivity contribution in [2.75, 3.05) is 26.2 Å². The van der Waals surface area contributed by atoms with Crippen LogP contribution in [0.4, 0.5) is 0 Å². The van der Waals surface area contributed by atoms with Crippen LogP contribution in [0, 0.1) is 5.41 Å². The summed E-state index contributed by atoms with van der Waals surface area (Å²) in [5.41, 5.74) is 5.95. The van der Waals surface area contributed by atoms with Gasteiger partial charge in [-0.15, -0.1) is 0 Å². The molecule has 1 heterocycles. The van der Waals surface area contributed by atoms with Crippen molar-refractivity contribution in [3.05, 3.63) is 0 Å². The molecule has 0 unspecified atom stereocenters. The second kappa shape index (κ2) is 5.10. The highest BCUT2D eigenvalue weighted by molar-refractivity contribution is 4.75. The first-order valence-corrected chi connectivity index (χ1v) is 5.64. The lowest BCUT2D eigenvalue weighted by Gasteiger charge is -2.32. The Morgan fingerprint density at radius 2 is 1.93 bits per heavy atom. The Morgan fingerprint density at radius 1 is 1.36 bits per heavy atom. The summed E-state index contributed by atoms with van der Waals surface area (Å²) in [6, 6.07) is 0. The molecule has 0 saturated carbocycles. The van der Waals surface area contributed by atoms with Crippen LogP contribution in [-0.4, -0.2) is 42.3 Å². The molecule has 0 aromatic heterocycles. The van der Waals surface area contributed by atoms with Crippen LogP contribution in [0.15, 0.2) is 0 Å². The smallest absolute Gasteiger partial charge is 0.0564 e. The van der Waals surface area contributed by atoms with Gasteiger partial charge in [0.15, 0.2) is 0 Å². The van der Waals surface area contributed by atoms with E-state index in [9.17, 15) is 5.11 Å². The van der Waals surface area contributed by atoms with E-state index in [4.69, 9.17) is 5.73 Å². The van der Waals surface area contributed by atoms with Crippen molar-refractivity contribution in [1.29, 1.82) is 0 Å². The molecule has 0 aliphatic carbocycles. The van der Waals surface area contributed by atoms with Gasteiger partial charge in [0.25, 0.3) is 0 Å². The summed E-state index contributed by atoms with van der Waals surface area (Å²) in [4.78, 5) is 2.43. The largest absolute Gasteiger partial charge is 0.393 e. The zero-order valence-corrected chi connectivity index (χ0v) is 9.50. The molecule has 3 heteroatoms. The van der Waals surface area contributed by atoms with Gasteiger partial charge in [0.2, 0.25) is 0 Å². The summed E-state index contributed by atoms with van der Waals surface area (Å²) in [6.07, 6.45) is 2.96. The average Bonchev–Trinajstić information content (AvgIpc) is 2.17. The molecule has 0 amide bonds. The predicted octanol–water partition coefficient (Wildman–Crippen LogP) is 0.818.